The zero-order valence-electron chi connectivity index (χ0n) is 22.3. The van der Waals surface area contributed by atoms with Gasteiger partial charge in [0.15, 0.2) is 0 Å². The van der Waals surface area contributed by atoms with Crippen LogP contribution >= 0.6 is 0 Å². The molecule has 0 radical (unpaired) electrons. The lowest BCUT2D eigenvalue weighted by Gasteiger charge is -2.27. The molecule has 2 atom stereocenters. The van der Waals surface area contributed by atoms with Gasteiger partial charge in [-0.2, -0.15) is 26.3 Å². The number of cyclic esters (lactones) is 1. The molecule has 0 aliphatic carbocycles. The van der Waals surface area contributed by atoms with Crippen molar-refractivity contribution in [1.29, 1.82) is 0 Å². The van der Waals surface area contributed by atoms with E-state index < -0.39 is 72.0 Å². The fourth-order valence-electron chi connectivity index (χ4n) is 4.37. The Morgan fingerprint density at radius 3 is 2.07 bits per heavy atom. The standard InChI is InChI=1S/C26H25F9N2O5/c1-4-5-8-36(22(38)40-3)20-7-6-19(42-26(33,34)35)11-16(20)13-37-14(2)21(41-23(37)39)15-9-17(24(27,28)29)12-18(10-15)25(30,31)32/h6-7,9-12,14,21H,4-5,8,13H2,1-3H3/t14-,21-/m0/s1. The first-order chi connectivity index (χ1) is 19.4. The van der Waals surface area contributed by atoms with Crippen LogP contribution in [0, 0.1) is 0 Å². The highest BCUT2D eigenvalue weighted by Crippen LogP contribution is 2.42. The highest BCUT2D eigenvalue weighted by molar-refractivity contribution is 5.89. The van der Waals surface area contributed by atoms with E-state index in [4.69, 9.17) is 9.47 Å². The van der Waals surface area contributed by atoms with E-state index in [-0.39, 0.29) is 23.9 Å². The first kappa shape index (κ1) is 32.7. The lowest BCUT2D eigenvalue weighted by Crippen LogP contribution is -2.35. The first-order valence-corrected chi connectivity index (χ1v) is 12.4. The van der Waals surface area contributed by atoms with Crippen molar-refractivity contribution in [3.05, 3.63) is 58.7 Å². The fourth-order valence-corrected chi connectivity index (χ4v) is 4.37. The second kappa shape index (κ2) is 12.2. The van der Waals surface area contributed by atoms with Crippen molar-refractivity contribution in [3.8, 4) is 5.75 Å². The summed E-state index contributed by atoms with van der Waals surface area (Å²) in [6, 6.07) is 2.58. The van der Waals surface area contributed by atoms with E-state index in [1.165, 1.54) is 6.92 Å². The van der Waals surface area contributed by atoms with E-state index in [0.717, 1.165) is 35.1 Å². The van der Waals surface area contributed by atoms with Crippen LogP contribution in [0.15, 0.2) is 36.4 Å². The molecule has 0 spiro atoms. The van der Waals surface area contributed by atoms with Crippen LogP contribution < -0.4 is 9.64 Å². The Bertz CT molecular complexity index is 1260. The molecule has 1 heterocycles. The monoisotopic (exact) mass is 616 g/mol. The van der Waals surface area contributed by atoms with E-state index >= 15 is 0 Å². The molecule has 42 heavy (non-hydrogen) atoms. The second-order valence-corrected chi connectivity index (χ2v) is 9.33. The van der Waals surface area contributed by atoms with E-state index in [2.05, 4.69) is 4.74 Å². The molecule has 0 N–H and O–H groups in total. The first-order valence-electron chi connectivity index (χ1n) is 12.4. The van der Waals surface area contributed by atoms with Gasteiger partial charge in [0.25, 0.3) is 0 Å². The Balaban J connectivity index is 2.05. The van der Waals surface area contributed by atoms with Gasteiger partial charge in [0.2, 0.25) is 0 Å². The van der Waals surface area contributed by atoms with Crippen LogP contribution in [0.4, 0.5) is 54.8 Å². The van der Waals surface area contributed by atoms with Gasteiger partial charge in [0.05, 0.1) is 36.5 Å². The van der Waals surface area contributed by atoms with Gasteiger partial charge in [-0.1, -0.05) is 13.3 Å². The van der Waals surface area contributed by atoms with Gasteiger partial charge in [-0.25, -0.2) is 9.59 Å². The fraction of sp³-hybridized carbons (Fsp3) is 0.462. The Hall–Kier alpha value is -3.85. The molecule has 1 saturated heterocycles. The molecule has 1 aliphatic rings. The number of alkyl halides is 9. The van der Waals surface area contributed by atoms with Crippen LogP contribution in [0.3, 0.4) is 0 Å². The normalized spacial score (nSPS) is 17.7. The number of hydrogen-bond donors (Lipinski definition) is 0. The summed E-state index contributed by atoms with van der Waals surface area (Å²) in [5.41, 5.74) is -3.85. The van der Waals surface area contributed by atoms with Crippen LogP contribution in [0.2, 0.25) is 0 Å². The highest BCUT2D eigenvalue weighted by Gasteiger charge is 2.44. The van der Waals surface area contributed by atoms with Crippen LogP contribution in [0.1, 0.15) is 55.0 Å². The summed E-state index contributed by atoms with van der Waals surface area (Å²) in [5.74, 6) is -0.703. The quantitative estimate of drug-likeness (QED) is 0.281. The minimum Gasteiger partial charge on any atom is -0.452 e. The van der Waals surface area contributed by atoms with Crippen LogP contribution in [0.5, 0.6) is 5.75 Å². The number of methoxy groups -OCH3 is 1. The van der Waals surface area contributed by atoms with E-state index in [9.17, 15) is 49.1 Å². The van der Waals surface area contributed by atoms with E-state index in [0.29, 0.717) is 25.0 Å². The van der Waals surface area contributed by atoms with Gasteiger partial charge in [-0.05, 0) is 60.9 Å². The second-order valence-electron chi connectivity index (χ2n) is 9.33. The Kier molecular flexibility index (Phi) is 9.47. The van der Waals surface area contributed by atoms with Crippen molar-refractivity contribution >= 4 is 17.9 Å². The molecule has 0 aromatic heterocycles. The Morgan fingerprint density at radius 2 is 1.57 bits per heavy atom. The summed E-state index contributed by atoms with van der Waals surface area (Å²) in [5, 5.41) is 0. The van der Waals surface area contributed by atoms with Gasteiger partial charge >= 0.3 is 30.9 Å². The molecule has 0 saturated carbocycles. The largest absolute Gasteiger partial charge is 0.573 e. The molecule has 232 valence electrons. The number of halogens is 9. The van der Waals surface area contributed by atoms with Gasteiger partial charge in [0.1, 0.15) is 11.9 Å². The smallest absolute Gasteiger partial charge is 0.452 e. The maximum atomic E-state index is 13.4. The third kappa shape index (κ3) is 7.70. The highest BCUT2D eigenvalue weighted by atomic mass is 19.4. The number of anilines is 1. The Labute approximate surface area is 233 Å². The van der Waals surface area contributed by atoms with E-state index in [1.54, 1.807) is 0 Å². The summed E-state index contributed by atoms with van der Waals surface area (Å²) in [7, 11) is 1.08. The molecule has 2 aromatic carbocycles. The number of amides is 2. The molecule has 3 rings (SSSR count). The summed E-state index contributed by atoms with van der Waals surface area (Å²) < 4.78 is 133. The third-order valence-corrected chi connectivity index (χ3v) is 6.38. The predicted octanol–water partition coefficient (Wildman–Crippen LogP) is 8.08. The molecule has 0 bridgehead atoms. The molecular formula is C26H25F9N2O5. The van der Waals surface area contributed by atoms with Crippen molar-refractivity contribution in [2.24, 2.45) is 0 Å². The van der Waals surface area contributed by atoms with Crippen LogP contribution in [-0.2, 0) is 28.4 Å². The summed E-state index contributed by atoms with van der Waals surface area (Å²) in [6.07, 6.45) is -17.9. The SMILES string of the molecule is CCCCN(C(=O)OC)c1ccc(OC(F)(F)F)cc1CN1C(=O)O[C@H](c2cc(C(F)(F)F)cc(C(F)(F)F)c2)[C@@H]1C. The summed E-state index contributed by atoms with van der Waals surface area (Å²) in [4.78, 5) is 27.4. The number of ether oxygens (including phenoxy) is 3. The number of nitrogens with zero attached hydrogens (tertiary/aromatic N) is 2. The number of rotatable bonds is 8. The number of carbonyl (C=O) groups is 2. The topological polar surface area (TPSA) is 68.3 Å². The summed E-state index contributed by atoms with van der Waals surface area (Å²) >= 11 is 0. The Morgan fingerprint density at radius 1 is 0.976 bits per heavy atom. The zero-order chi connectivity index (χ0) is 31.6. The molecule has 0 unspecified atom stereocenters. The van der Waals surface area contributed by atoms with Gasteiger partial charge < -0.3 is 14.2 Å². The molecule has 2 amide bonds. The zero-order valence-corrected chi connectivity index (χ0v) is 22.3. The lowest BCUT2D eigenvalue weighted by molar-refractivity contribution is -0.274. The number of benzene rings is 2. The molecule has 1 aliphatic heterocycles. The van der Waals surface area contributed by atoms with Gasteiger partial charge in [0, 0.05) is 6.54 Å². The van der Waals surface area contributed by atoms with Crippen molar-refractivity contribution in [1.82, 2.24) is 4.90 Å². The maximum absolute atomic E-state index is 13.4. The molecule has 16 heteroatoms. The third-order valence-electron chi connectivity index (χ3n) is 6.38. The van der Waals surface area contributed by atoms with Crippen molar-refractivity contribution in [2.45, 2.75) is 64.1 Å². The van der Waals surface area contributed by atoms with Crippen molar-refractivity contribution < 1.29 is 63.3 Å². The van der Waals surface area contributed by atoms with Crippen molar-refractivity contribution in [3.63, 3.8) is 0 Å². The minimum atomic E-state index is -5.15. The minimum absolute atomic E-state index is 0.0340. The molecule has 2 aromatic rings. The predicted molar refractivity (Wildman–Crippen MR) is 128 cm³/mol. The van der Waals surface area contributed by atoms with Gasteiger partial charge in [-0.3, -0.25) is 9.80 Å². The van der Waals surface area contributed by atoms with Gasteiger partial charge in [-0.15, -0.1) is 13.2 Å². The maximum Gasteiger partial charge on any atom is 0.573 e. The van der Waals surface area contributed by atoms with Crippen LogP contribution in [-0.4, -0.2) is 43.1 Å². The average Bonchev–Trinajstić information content (AvgIpc) is 3.15. The lowest BCUT2D eigenvalue weighted by atomic mass is 9.97. The molecule has 7 nitrogen and oxygen atoms in total. The number of hydrogen-bond acceptors (Lipinski definition) is 5. The van der Waals surface area contributed by atoms with Crippen molar-refractivity contribution in [2.75, 3.05) is 18.6 Å². The van der Waals surface area contributed by atoms with Crippen LogP contribution in [0.25, 0.3) is 0 Å². The number of unbranched alkanes of at least 4 members (excludes halogenated alkanes) is 1. The number of carbonyl (C=O) groups excluding carboxylic acids is 2. The van der Waals surface area contributed by atoms with E-state index in [1.807, 2.05) is 6.92 Å². The molecular weight excluding hydrogens is 591 g/mol. The summed E-state index contributed by atoms with van der Waals surface area (Å²) in [6.45, 7) is 2.62. The molecule has 1 fully saturated rings. The average molecular weight is 616 g/mol.